The van der Waals surface area contributed by atoms with E-state index in [4.69, 9.17) is 5.73 Å². The molecule has 0 amide bonds. The van der Waals surface area contributed by atoms with Crippen LogP contribution in [0.5, 0.6) is 0 Å². The first-order valence-corrected chi connectivity index (χ1v) is 5.63. The molecule has 2 N–H and O–H groups in total. The first-order valence-electron chi connectivity index (χ1n) is 5.63. The summed E-state index contributed by atoms with van der Waals surface area (Å²) in [6.45, 7) is 3.84. The van der Waals surface area contributed by atoms with E-state index in [2.05, 4.69) is 0 Å². The zero-order chi connectivity index (χ0) is 12.5. The van der Waals surface area contributed by atoms with E-state index in [1.807, 2.05) is 38.1 Å². The Morgan fingerprint density at radius 1 is 1.00 bits per heavy atom. The molecule has 2 aromatic carbocycles. The fourth-order valence-electron chi connectivity index (χ4n) is 1.94. The highest BCUT2D eigenvalue weighted by Gasteiger charge is 2.26. The van der Waals surface area contributed by atoms with Crippen LogP contribution in [0.15, 0.2) is 48.5 Å². The quantitative estimate of drug-likeness (QED) is 0.839. The summed E-state index contributed by atoms with van der Waals surface area (Å²) in [5, 5.41) is 0. The van der Waals surface area contributed by atoms with Crippen LogP contribution in [0.3, 0.4) is 0 Å². The van der Waals surface area contributed by atoms with Gasteiger partial charge in [0.1, 0.15) is 5.82 Å². The molecule has 0 saturated carbocycles. The minimum Gasteiger partial charge on any atom is -0.318 e. The first-order chi connectivity index (χ1) is 8.01. The molecule has 0 heterocycles. The lowest BCUT2D eigenvalue weighted by Crippen LogP contribution is -2.35. The van der Waals surface area contributed by atoms with Crippen LogP contribution in [-0.4, -0.2) is 0 Å². The SMILES string of the molecule is Cc1ccc(C(C)(N)c2ccccc2F)cc1. The van der Waals surface area contributed by atoms with Crippen molar-refractivity contribution in [2.24, 2.45) is 5.73 Å². The van der Waals surface area contributed by atoms with Crippen molar-refractivity contribution in [2.75, 3.05) is 0 Å². The van der Waals surface area contributed by atoms with Gasteiger partial charge in [-0.25, -0.2) is 4.39 Å². The summed E-state index contributed by atoms with van der Waals surface area (Å²) in [5.41, 5.74) is 8.06. The molecule has 0 fully saturated rings. The van der Waals surface area contributed by atoms with Gasteiger partial charge >= 0.3 is 0 Å². The lowest BCUT2D eigenvalue weighted by molar-refractivity contribution is 0.531. The molecule has 0 aliphatic carbocycles. The molecule has 0 spiro atoms. The summed E-state index contributed by atoms with van der Waals surface area (Å²) in [4.78, 5) is 0. The standard InChI is InChI=1S/C15H16FN/c1-11-7-9-12(10-8-11)15(2,17)13-5-3-4-6-14(13)16/h3-10H,17H2,1-2H3. The molecule has 0 saturated heterocycles. The van der Waals surface area contributed by atoms with Crippen molar-refractivity contribution in [3.8, 4) is 0 Å². The maximum absolute atomic E-state index is 13.8. The van der Waals surface area contributed by atoms with Gasteiger partial charge in [-0.05, 0) is 25.5 Å². The van der Waals surface area contributed by atoms with E-state index < -0.39 is 5.54 Å². The van der Waals surface area contributed by atoms with E-state index in [-0.39, 0.29) is 5.82 Å². The number of nitrogens with two attached hydrogens (primary N) is 1. The number of benzene rings is 2. The van der Waals surface area contributed by atoms with Gasteiger partial charge in [0, 0.05) is 5.56 Å². The van der Waals surface area contributed by atoms with Crippen LogP contribution in [0.4, 0.5) is 4.39 Å². The summed E-state index contributed by atoms with van der Waals surface area (Å²) in [6.07, 6.45) is 0. The summed E-state index contributed by atoms with van der Waals surface area (Å²) in [5.74, 6) is -0.266. The van der Waals surface area contributed by atoms with Crippen molar-refractivity contribution < 1.29 is 4.39 Å². The van der Waals surface area contributed by atoms with Gasteiger partial charge in [-0.2, -0.15) is 0 Å². The Kier molecular flexibility index (Phi) is 2.99. The fourth-order valence-corrected chi connectivity index (χ4v) is 1.94. The van der Waals surface area contributed by atoms with Gasteiger partial charge in [0.15, 0.2) is 0 Å². The van der Waals surface area contributed by atoms with E-state index in [0.717, 1.165) is 11.1 Å². The van der Waals surface area contributed by atoms with Crippen LogP contribution in [-0.2, 0) is 5.54 Å². The van der Waals surface area contributed by atoms with Crippen LogP contribution in [0.2, 0.25) is 0 Å². The van der Waals surface area contributed by atoms with Gasteiger partial charge in [-0.3, -0.25) is 0 Å². The van der Waals surface area contributed by atoms with E-state index in [0.29, 0.717) is 5.56 Å². The second-order valence-electron chi connectivity index (χ2n) is 4.55. The lowest BCUT2D eigenvalue weighted by Gasteiger charge is -2.26. The highest BCUT2D eigenvalue weighted by atomic mass is 19.1. The summed E-state index contributed by atoms with van der Waals surface area (Å²) in [6, 6.07) is 14.5. The third kappa shape index (κ3) is 2.22. The Morgan fingerprint density at radius 3 is 2.18 bits per heavy atom. The van der Waals surface area contributed by atoms with Crippen molar-refractivity contribution in [1.82, 2.24) is 0 Å². The first kappa shape index (κ1) is 11.8. The fraction of sp³-hybridized carbons (Fsp3) is 0.200. The Morgan fingerprint density at radius 2 is 1.59 bits per heavy atom. The van der Waals surface area contributed by atoms with Gasteiger partial charge in [-0.1, -0.05) is 48.0 Å². The Hall–Kier alpha value is -1.67. The number of aryl methyl sites for hydroxylation is 1. The largest absolute Gasteiger partial charge is 0.318 e. The van der Waals surface area contributed by atoms with E-state index in [9.17, 15) is 4.39 Å². The third-order valence-corrected chi connectivity index (χ3v) is 3.08. The average Bonchev–Trinajstić information content (AvgIpc) is 2.30. The smallest absolute Gasteiger partial charge is 0.128 e. The third-order valence-electron chi connectivity index (χ3n) is 3.08. The van der Waals surface area contributed by atoms with Crippen LogP contribution >= 0.6 is 0 Å². The molecule has 0 bridgehead atoms. The van der Waals surface area contributed by atoms with Gasteiger partial charge < -0.3 is 5.73 Å². The molecule has 88 valence electrons. The maximum atomic E-state index is 13.8. The van der Waals surface area contributed by atoms with Crippen molar-refractivity contribution >= 4 is 0 Å². The molecule has 1 atom stereocenters. The molecule has 0 radical (unpaired) electrons. The molecular formula is C15H16FN. The van der Waals surface area contributed by atoms with Gasteiger partial charge in [-0.15, -0.1) is 0 Å². The summed E-state index contributed by atoms with van der Waals surface area (Å²) in [7, 11) is 0. The average molecular weight is 229 g/mol. The Bertz CT molecular complexity index is 515. The molecule has 17 heavy (non-hydrogen) atoms. The molecule has 2 heteroatoms. The minimum atomic E-state index is -0.807. The highest BCUT2D eigenvalue weighted by molar-refractivity contribution is 5.38. The number of rotatable bonds is 2. The second kappa shape index (κ2) is 4.30. The molecule has 1 unspecified atom stereocenters. The Labute approximate surface area is 101 Å². The molecule has 1 nitrogen and oxygen atoms in total. The van der Waals surface area contributed by atoms with E-state index in [1.54, 1.807) is 18.2 Å². The van der Waals surface area contributed by atoms with Crippen molar-refractivity contribution in [1.29, 1.82) is 0 Å². The zero-order valence-electron chi connectivity index (χ0n) is 10.1. The monoisotopic (exact) mass is 229 g/mol. The topological polar surface area (TPSA) is 26.0 Å². The normalized spacial score (nSPS) is 14.4. The zero-order valence-corrected chi connectivity index (χ0v) is 10.1. The van der Waals surface area contributed by atoms with Crippen molar-refractivity contribution in [2.45, 2.75) is 19.4 Å². The molecule has 2 aromatic rings. The minimum absolute atomic E-state index is 0.266. The molecule has 2 rings (SSSR count). The van der Waals surface area contributed by atoms with Crippen LogP contribution < -0.4 is 5.73 Å². The van der Waals surface area contributed by atoms with Crippen molar-refractivity contribution in [3.63, 3.8) is 0 Å². The van der Waals surface area contributed by atoms with Gasteiger partial charge in [0.25, 0.3) is 0 Å². The molecular weight excluding hydrogens is 213 g/mol. The highest BCUT2D eigenvalue weighted by Crippen LogP contribution is 2.28. The van der Waals surface area contributed by atoms with E-state index >= 15 is 0 Å². The maximum Gasteiger partial charge on any atom is 0.128 e. The molecule has 0 aliphatic rings. The Balaban J connectivity index is 2.49. The second-order valence-corrected chi connectivity index (χ2v) is 4.55. The lowest BCUT2D eigenvalue weighted by atomic mass is 9.85. The van der Waals surface area contributed by atoms with Crippen molar-refractivity contribution in [3.05, 3.63) is 71.0 Å². The van der Waals surface area contributed by atoms with Crippen LogP contribution in [0.25, 0.3) is 0 Å². The summed E-state index contributed by atoms with van der Waals surface area (Å²) < 4.78 is 13.8. The number of hydrogen-bond acceptors (Lipinski definition) is 1. The van der Waals surface area contributed by atoms with E-state index in [1.165, 1.54) is 6.07 Å². The number of hydrogen-bond donors (Lipinski definition) is 1. The van der Waals surface area contributed by atoms with Gasteiger partial charge in [0.2, 0.25) is 0 Å². The molecule has 0 aromatic heterocycles. The molecule has 0 aliphatic heterocycles. The predicted molar refractivity (Wildman–Crippen MR) is 68.2 cm³/mol. The predicted octanol–water partition coefficient (Wildman–Crippen LogP) is 3.36. The van der Waals surface area contributed by atoms with Crippen LogP contribution in [0.1, 0.15) is 23.6 Å². The van der Waals surface area contributed by atoms with Crippen LogP contribution in [0, 0.1) is 12.7 Å². The summed E-state index contributed by atoms with van der Waals surface area (Å²) >= 11 is 0. The van der Waals surface area contributed by atoms with Gasteiger partial charge in [0.05, 0.1) is 5.54 Å². The number of halogens is 1.